The van der Waals surface area contributed by atoms with Crippen molar-refractivity contribution in [2.24, 2.45) is 5.73 Å². The lowest BCUT2D eigenvalue weighted by Gasteiger charge is -2.04. The molecule has 0 bridgehead atoms. The fraction of sp³-hybridized carbons (Fsp3) is 0.167. The minimum absolute atomic E-state index is 0.164. The molecule has 1 heterocycles. The molecule has 1 aromatic heterocycles. The van der Waals surface area contributed by atoms with E-state index in [1.165, 1.54) is 0 Å². The van der Waals surface area contributed by atoms with E-state index in [1.807, 2.05) is 13.0 Å². The molecule has 0 aromatic carbocycles. The van der Waals surface area contributed by atoms with E-state index in [-0.39, 0.29) is 5.11 Å². The van der Waals surface area contributed by atoms with Crippen LogP contribution in [-0.4, -0.2) is 15.3 Å². The highest BCUT2D eigenvalue weighted by atomic mass is 32.1. The number of hydrazine groups is 1. The van der Waals surface area contributed by atoms with Gasteiger partial charge in [-0.2, -0.15) is 5.10 Å². The van der Waals surface area contributed by atoms with Gasteiger partial charge in [-0.15, -0.1) is 5.10 Å². The molecule has 64 valence electrons. The van der Waals surface area contributed by atoms with Crippen molar-refractivity contribution in [2.45, 2.75) is 6.92 Å². The molecule has 1 aromatic rings. The summed E-state index contributed by atoms with van der Waals surface area (Å²) in [6.45, 7) is 1.86. The van der Waals surface area contributed by atoms with Gasteiger partial charge in [-0.05, 0) is 31.3 Å². The van der Waals surface area contributed by atoms with E-state index >= 15 is 0 Å². The number of anilines is 1. The lowest BCUT2D eigenvalue weighted by atomic mass is 10.4. The standard InChI is InChI=1S/C6H9N5S/c1-4-2-3-5(9-8-4)10-11-6(7)12/h2-3H,1H3,(H,9,10)(H3,7,11,12). The molecule has 12 heavy (non-hydrogen) atoms. The second kappa shape index (κ2) is 3.82. The zero-order valence-corrected chi connectivity index (χ0v) is 7.35. The molecule has 6 heteroatoms. The number of aryl methyl sites for hydroxylation is 1. The van der Waals surface area contributed by atoms with Gasteiger partial charge in [0.15, 0.2) is 10.9 Å². The summed E-state index contributed by atoms with van der Waals surface area (Å²) in [6, 6.07) is 3.60. The minimum Gasteiger partial charge on any atom is -0.375 e. The molecule has 0 fully saturated rings. The second-order valence-corrected chi connectivity index (χ2v) is 2.61. The molecule has 0 atom stereocenters. The van der Waals surface area contributed by atoms with Crippen LogP contribution in [0.5, 0.6) is 0 Å². The molecule has 0 unspecified atom stereocenters. The number of hydrogen-bond acceptors (Lipinski definition) is 4. The molecule has 5 nitrogen and oxygen atoms in total. The first kappa shape index (κ1) is 8.66. The molecule has 0 amide bonds. The van der Waals surface area contributed by atoms with Crippen molar-refractivity contribution >= 4 is 23.1 Å². The first-order valence-corrected chi connectivity index (χ1v) is 3.71. The van der Waals surface area contributed by atoms with E-state index in [0.717, 1.165) is 5.69 Å². The number of nitrogens with one attached hydrogen (secondary N) is 2. The Balaban J connectivity index is 2.53. The Bertz CT molecular complexity index is 270. The summed E-state index contributed by atoms with van der Waals surface area (Å²) in [7, 11) is 0. The third kappa shape index (κ3) is 2.67. The van der Waals surface area contributed by atoms with Crippen LogP contribution in [0.1, 0.15) is 5.69 Å². The van der Waals surface area contributed by atoms with Crippen LogP contribution < -0.4 is 16.6 Å². The number of rotatable bonds is 2. The smallest absolute Gasteiger partial charge is 0.182 e. The van der Waals surface area contributed by atoms with E-state index in [9.17, 15) is 0 Å². The molecule has 0 radical (unpaired) electrons. The van der Waals surface area contributed by atoms with Crippen LogP contribution in [0, 0.1) is 6.92 Å². The summed E-state index contributed by atoms with van der Waals surface area (Å²) >= 11 is 4.58. The highest BCUT2D eigenvalue weighted by Gasteiger charge is 1.92. The average Bonchev–Trinajstić information content (AvgIpc) is 2.03. The van der Waals surface area contributed by atoms with Crippen LogP contribution in [0.3, 0.4) is 0 Å². The predicted molar refractivity (Wildman–Crippen MR) is 50.3 cm³/mol. The Hall–Kier alpha value is -1.43. The molecule has 0 aliphatic heterocycles. The van der Waals surface area contributed by atoms with E-state index in [4.69, 9.17) is 5.73 Å². The number of thiocarbonyl (C=S) groups is 1. The maximum absolute atomic E-state index is 5.18. The zero-order valence-electron chi connectivity index (χ0n) is 6.53. The van der Waals surface area contributed by atoms with Crippen LogP contribution in [0.4, 0.5) is 5.82 Å². The largest absolute Gasteiger partial charge is 0.375 e. The van der Waals surface area contributed by atoms with Gasteiger partial charge in [0.25, 0.3) is 0 Å². The SMILES string of the molecule is Cc1ccc(NNC(N)=S)nn1. The van der Waals surface area contributed by atoms with Gasteiger partial charge >= 0.3 is 0 Å². The molecular formula is C6H9N5S. The monoisotopic (exact) mass is 183 g/mol. The third-order valence-corrected chi connectivity index (χ3v) is 1.21. The van der Waals surface area contributed by atoms with Crippen LogP contribution in [0.2, 0.25) is 0 Å². The van der Waals surface area contributed by atoms with Gasteiger partial charge in [-0.25, -0.2) is 0 Å². The van der Waals surface area contributed by atoms with Crippen molar-refractivity contribution in [3.8, 4) is 0 Å². The van der Waals surface area contributed by atoms with Gasteiger partial charge in [0, 0.05) is 0 Å². The predicted octanol–water partition coefficient (Wildman–Crippen LogP) is -0.0549. The fourth-order valence-corrected chi connectivity index (χ4v) is 0.642. The molecule has 1 rings (SSSR count). The highest BCUT2D eigenvalue weighted by Crippen LogP contribution is 1.97. The highest BCUT2D eigenvalue weighted by molar-refractivity contribution is 7.80. The fourth-order valence-electron chi connectivity index (χ4n) is 0.591. The third-order valence-electron chi connectivity index (χ3n) is 1.11. The number of nitrogens with zero attached hydrogens (tertiary/aromatic N) is 2. The van der Waals surface area contributed by atoms with Crippen molar-refractivity contribution in [2.75, 3.05) is 5.43 Å². The summed E-state index contributed by atoms with van der Waals surface area (Å²) < 4.78 is 0. The van der Waals surface area contributed by atoms with Gasteiger partial charge in [0.1, 0.15) is 0 Å². The summed E-state index contributed by atoms with van der Waals surface area (Å²) in [6.07, 6.45) is 0. The Morgan fingerprint density at radius 3 is 2.75 bits per heavy atom. The molecular weight excluding hydrogens is 174 g/mol. The van der Waals surface area contributed by atoms with Crippen molar-refractivity contribution in [1.82, 2.24) is 15.6 Å². The summed E-state index contributed by atoms with van der Waals surface area (Å²) in [4.78, 5) is 0. The zero-order chi connectivity index (χ0) is 8.97. The topological polar surface area (TPSA) is 75.9 Å². The second-order valence-electron chi connectivity index (χ2n) is 2.17. The van der Waals surface area contributed by atoms with Crippen molar-refractivity contribution in [3.05, 3.63) is 17.8 Å². The Morgan fingerprint density at radius 2 is 2.25 bits per heavy atom. The number of nitrogens with two attached hydrogens (primary N) is 1. The Labute approximate surface area is 75.3 Å². The van der Waals surface area contributed by atoms with Crippen molar-refractivity contribution < 1.29 is 0 Å². The molecule has 0 spiro atoms. The average molecular weight is 183 g/mol. The van der Waals surface area contributed by atoms with E-state index in [0.29, 0.717) is 5.82 Å². The van der Waals surface area contributed by atoms with Gasteiger partial charge in [0.05, 0.1) is 5.69 Å². The summed E-state index contributed by atoms with van der Waals surface area (Å²) in [5.74, 6) is 0.577. The summed E-state index contributed by atoms with van der Waals surface area (Å²) in [5, 5.41) is 7.80. The lowest BCUT2D eigenvalue weighted by molar-refractivity contribution is 0.955. The molecule has 0 aliphatic carbocycles. The van der Waals surface area contributed by atoms with Crippen LogP contribution in [0.25, 0.3) is 0 Å². The Morgan fingerprint density at radius 1 is 1.50 bits per heavy atom. The van der Waals surface area contributed by atoms with Gasteiger partial charge in [-0.3, -0.25) is 10.9 Å². The van der Waals surface area contributed by atoms with Gasteiger partial charge in [-0.1, -0.05) is 0 Å². The number of aromatic nitrogens is 2. The lowest BCUT2D eigenvalue weighted by Crippen LogP contribution is -2.34. The van der Waals surface area contributed by atoms with Gasteiger partial charge in [0.2, 0.25) is 0 Å². The van der Waals surface area contributed by atoms with E-state index in [2.05, 4.69) is 33.3 Å². The number of hydrogen-bond donors (Lipinski definition) is 3. The first-order valence-electron chi connectivity index (χ1n) is 3.30. The first-order chi connectivity index (χ1) is 5.68. The van der Waals surface area contributed by atoms with Gasteiger partial charge < -0.3 is 5.73 Å². The molecule has 0 saturated heterocycles. The Kier molecular flexibility index (Phi) is 2.76. The maximum Gasteiger partial charge on any atom is 0.182 e. The van der Waals surface area contributed by atoms with Crippen molar-refractivity contribution in [3.63, 3.8) is 0 Å². The summed E-state index contributed by atoms with van der Waals surface area (Å²) in [5.41, 5.74) is 11.3. The van der Waals surface area contributed by atoms with Crippen LogP contribution in [0.15, 0.2) is 12.1 Å². The van der Waals surface area contributed by atoms with E-state index < -0.39 is 0 Å². The van der Waals surface area contributed by atoms with Crippen molar-refractivity contribution in [1.29, 1.82) is 0 Å². The normalized spacial score (nSPS) is 9.08. The minimum atomic E-state index is 0.164. The van der Waals surface area contributed by atoms with Crippen LogP contribution in [-0.2, 0) is 0 Å². The maximum atomic E-state index is 5.18. The quantitative estimate of drug-likeness (QED) is 0.441. The molecule has 0 aliphatic rings. The van der Waals surface area contributed by atoms with Crippen LogP contribution >= 0.6 is 12.2 Å². The molecule has 4 N–H and O–H groups in total. The molecule has 0 saturated carbocycles. The van der Waals surface area contributed by atoms with E-state index in [1.54, 1.807) is 6.07 Å².